The van der Waals surface area contributed by atoms with E-state index >= 15 is 0 Å². The zero-order valence-corrected chi connectivity index (χ0v) is 10.6. The van der Waals surface area contributed by atoms with Gasteiger partial charge in [0.05, 0.1) is 0 Å². The number of hydrogen-bond acceptors (Lipinski definition) is 2. The Morgan fingerprint density at radius 2 is 2.41 bits per heavy atom. The predicted molar refractivity (Wildman–Crippen MR) is 67.6 cm³/mol. The summed E-state index contributed by atoms with van der Waals surface area (Å²) in [5, 5.41) is 0. The van der Waals surface area contributed by atoms with Crippen molar-refractivity contribution in [2.24, 2.45) is 13.0 Å². The van der Waals surface area contributed by atoms with Gasteiger partial charge in [0.2, 0.25) is 0 Å². The normalized spacial score (nSPS) is 20.1. The van der Waals surface area contributed by atoms with Crippen LogP contribution in [-0.2, 0) is 18.3 Å². The number of aromatic nitrogens is 2. The monoisotopic (exact) mass is 232 g/mol. The molecule has 0 bridgehead atoms. The molecular formula is C14H20N2O. The second kappa shape index (κ2) is 5.30. The molecule has 0 amide bonds. The molecule has 1 aromatic rings. The first-order valence-electron chi connectivity index (χ1n) is 6.35. The number of rotatable bonds is 4. The van der Waals surface area contributed by atoms with Gasteiger partial charge in [0.1, 0.15) is 5.82 Å². The van der Waals surface area contributed by atoms with Gasteiger partial charge in [-0.1, -0.05) is 13.0 Å². The maximum absolute atomic E-state index is 12.0. The van der Waals surface area contributed by atoms with E-state index in [1.807, 2.05) is 17.8 Å². The molecule has 1 aromatic heterocycles. The van der Waals surface area contributed by atoms with E-state index < -0.39 is 0 Å². The molecule has 17 heavy (non-hydrogen) atoms. The third-order valence-electron chi connectivity index (χ3n) is 3.53. The van der Waals surface area contributed by atoms with Crippen molar-refractivity contribution >= 4 is 5.78 Å². The molecule has 0 aromatic carbocycles. The van der Waals surface area contributed by atoms with Gasteiger partial charge >= 0.3 is 0 Å². The van der Waals surface area contributed by atoms with Crippen LogP contribution < -0.4 is 0 Å². The molecule has 1 atom stereocenters. The summed E-state index contributed by atoms with van der Waals surface area (Å²) in [5.41, 5.74) is 1.04. The Morgan fingerprint density at radius 1 is 1.59 bits per heavy atom. The van der Waals surface area contributed by atoms with Crippen molar-refractivity contribution in [2.45, 2.75) is 39.0 Å². The highest BCUT2D eigenvalue weighted by Gasteiger charge is 2.16. The molecule has 0 spiro atoms. The lowest BCUT2D eigenvalue weighted by atomic mass is 9.88. The lowest BCUT2D eigenvalue weighted by Crippen LogP contribution is -2.11. The number of carbonyl (C=O) groups excluding carboxylic acids is 1. The number of carbonyl (C=O) groups is 1. The molecule has 0 radical (unpaired) electrons. The number of imidazole rings is 1. The standard InChI is InChI=1S/C14H20N2O/c1-11-3-5-12(6-4-11)13(17)7-8-14-15-9-10-16(14)2/h5,9-11H,3-4,6-8H2,1-2H3. The average molecular weight is 232 g/mol. The molecule has 1 heterocycles. The Morgan fingerprint density at radius 3 is 3.00 bits per heavy atom. The fourth-order valence-electron chi connectivity index (χ4n) is 2.24. The van der Waals surface area contributed by atoms with E-state index in [-0.39, 0.29) is 0 Å². The average Bonchev–Trinajstić information content (AvgIpc) is 2.73. The zero-order chi connectivity index (χ0) is 12.3. The van der Waals surface area contributed by atoms with Crippen LogP contribution in [0.25, 0.3) is 0 Å². The van der Waals surface area contributed by atoms with Crippen LogP contribution in [0.15, 0.2) is 24.0 Å². The topological polar surface area (TPSA) is 34.9 Å². The van der Waals surface area contributed by atoms with Crippen LogP contribution in [0.3, 0.4) is 0 Å². The molecule has 0 aliphatic heterocycles. The van der Waals surface area contributed by atoms with Gasteiger partial charge in [0.15, 0.2) is 5.78 Å². The largest absolute Gasteiger partial charge is 0.338 e. The van der Waals surface area contributed by atoms with E-state index in [1.54, 1.807) is 6.20 Å². The van der Waals surface area contributed by atoms with Crippen LogP contribution in [0.2, 0.25) is 0 Å². The van der Waals surface area contributed by atoms with Crippen LogP contribution in [0, 0.1) is 5.92 Å². The van der Waals surface area contributed by atoms with Crippen molar-refractivity contribution in [3.05, 3.63) is 29.9 Å². The SMILES string of the molecule is CC1CC=C(C(=O)CCc2nccn2C)CC1. The van der Waals surface area contributed by atoms with E-state index in [0.717, 1.165) is 43.0 Å². The van der Waals surface area contributed by atoms with Crippen LogP contribution in [0.4, 0.5) is 0 Å². The minimum absolute atomic E-state index is 0.305. The van der Waals surface area contributed by atoms with Gasteiger partial charge in [-0.2, -0.15) is 0 Å². The van der Waals surface area contributed by atoms with Crippen LogP contribution >= 0.6 is 0 Å². The van der Waals surface area contributed by atoms with E-state index in [2.05, 4.69) is 18.0 Å². The molecule has 3 heteroatoms. The lowest BCUT2D eigenvalue weighted by molar-refractivity contribution is -0.115. The van der Waals surface area contributed by atoms with Crippen molar-refractivity contribution in [3.8, 4) is 0 Å². The highest BCUT2D eigenvalue weighted by molar-refractivity contribution is 5.95. The molecule has 0 fully saturated rings. The van der Waals surface area contributed by atoms with Crippen LogP contribution in [-0.4, -0.2) is 15.3 Å². The third kappa shape index (κ3) is 3.05. The maximum Gasteiger partial charge on any atom is 0.158 e. The summed E-state index contributed by atoms with van der Waals surface area (Å²) in [6.45, 7) is 2.24. The summed E-state index contributed by atoms with van der Waals surface area (Å²) in [7, 11) is 1.97. The first-order valence-corrected chi connectivity index (χ1v) is 6.35. The van der Waals surface area contributed by atoms with Crippen molar-refractivity contribution in [1.29, 1.82) is 0 Å². The first-order chi connectivity index (χ1) is 8.16. The Kier molecular flexibility index (Phi) is 3.77. The van der Waals surface area contributed by atoms with Gasteiger partial charge in [-0.25, -0.2) is 4.98 Å². The minimum Gasteiger partial charge on any atom is -0.338 e. The fraction of sp³-hybridized carbons (Fsp3) is 0.571. The van der Waals surface area contributed by atoms with Gasteiger partial charge in [-0.3, -0.25) is 4.79 Å². The smallest absolute Gasteiger partial charge is 0.158 e. The summed E-state index contributed by atoms with van der Waals surface area (Å²) in [4.78, 5) is 16.2. The van der Waals surface area contributed by atoms with E-state index in [9.17, 15) is 4.79 Å². The number of Topliss-reactive ketones (excluding diaryl/α,β-unsaturated/α-hetero) is 1. The molecule has 1 unspecified atom stereocenters. The molecular weight excluding hydrogens is 212 g/mol. The number of allylic oxidation sites excluding steroid dienone is 2. The highest BCUT2D eigenvalue weighted by Crippen LogP contribution is 2.24. The molecule has 1 aliphatic rings. The summed E-state index contributed by atoms with van der Waals surface area (Å²) in [6.07, 6.45) is 10.3. The summed E-state index contributed by atoms with van der Waals surface area (Å²) >= 11 is 0. The molecule has 92 valence electrons. The number of nitrogens with zero attached hydrogens (tertiary/aromatic N) is 2. The second-order valence-electron chi connectivity index (χ2n) is 4.99. The number of aryl methyl sites for hydroxylation is 2. The zero-order valence-electron chi connectivity index (χ0n) is 10.6. The quantitative estimate of drug-likeness (QED) is 0.800. The van der Waals surface area contributed by atoms with Gasteiger partial charge in [0.25, 0.3) is 0 Å². The van der Waals surface area contributed by atoms with Gasteiger partial charge in [-0.15, -0.1) is 0 Å². The lowest BCUT2D eigenvalue weighted by Gasteiger charge is -2.17. The molecule has 1 aliphatic carbocycles. The molecule has 0 saturated heterocycles. The summed E-state index contributed by atoms with van der Waals surface area (Å²) < 4.78 is 1.98. The maximum atomic E-state index is 12.0. The Labute approximate surface area is 103 Å². The highest BCUT2D eigenvalue weighted by atomic mass is 16.1. The molecule has 0 saturated carbocycles. The Bertz CT molecular complexity index is 431. The van der Waals surface area contributed by atoms with Crippen molar-refractivity contribution in [3.63, 3.8) is 0 Å². The molecule has 0 N–H and O–H groups in total. The third-order valence-corrected chi connectivity index (χ3v) is 3.53. The van der Waals surface area contributed by atoms with Gasteiger partial charge in [-0.05, 0) is 30.8 Å². The molecule has 2 rings (SSSR count). The Hall–Kier alpha value is -1.38. The fourth-order valence-corrected chi connectivity index (χ4v) is 2.24. The number of hydrogen-bond donors (Lipinski definition) is 0. The number of ketones is 1. The minimum atomic E-state index is 0.305. The first kappa shape index (κ1) is 12.1. The van der Waals surface area contributed by atoms with E-state index in [1.165, 1.54) is 0 Å². The van der Waals surface area contributed by atoms with Crippen molar-refractivity contribution in [2.75, 3.05) is 0 Å². The van der Waals surface area contributed by atoms with Crippen LogP contribution in [0.1, 0.15) is 38.4 Å². The van der Waals surface area contributed by atoms with Crippen molar-refractivity contribution < 1.29 is 4.79 Å². The van der Waals surface area contributed by atoms with E-state index in [4.69, 9.17) is 0 Å². The predicted octanol–water partition coefficient (Wildman–Crippen LogP) is 2.67. The second-order valence-corrected chi connectivity index (χ2v) is 4.99. The van der Waals surface area contributed by atoms with Crippen LogP contribution in [0.5, 0.6) is 0 Å². The van der Waals surface area contributed by atoms with Gasteiger partial charge < -0.3 is 4.57 Å². The summed E-state index contributed by atoms with van der Waals surface area (Å²) in [6, 6.07) is 0. The molecule has 3 nitrogen and oxygen atoms in total. The summed E-state index contributed by atoms with van der Waals surface area (Å²) in [5.74, 6) is 2.03. The van der Waals surface area contributed by atoms with E-state index in [0.29, 0.717) is 12.2 Å². The Balaban J connectivity index is 1.88. The van der Waals surface area contributed by atoms with Gasteiger partial charge in [0, 0.05) is 32.3 Å². The van der Waals surface area contributed by atoms with Crippen molar-refractivity contribution in [1.82, 2.24) is 9.55 Å².